The Morgan fingerprint density at radius 1 is 0.581 bits per heavy atom. The predicted molar refractivity (Wildman–Crippen MR) is 151 cm³/mol. The Balaban J connectivity index is 1.21. The molecule has 9 heteroatoms. The first-order chi connectivity index (χ1) is 20.7. The average molecular weight is 577 g/mol. The molecule has 0 heterocycles. The van der Waals surface area contributed by atoms with E-state index in [9.17, 15) is 39.3 Å². The van der Waals surface area contributed by atoms with E-state index in [2.05, 4.69) is 0 Å². The van der Waals surface area contributed by atoms with Gasteiger partial charge in [0.05, 0.1) is 0 Å². The summed E-state index contributed by atoms with van der Waals surface area (Å²) in [5.74, 6) is -6.58. The van der Waals surface area contributed by atoms with Gasteiger partial charge in [-0.15, -0.1) is 0 Å². The third-order valence-corrected chi connectivity index (χ3v) is 7.84. The number of fused-ring (bicyclic) bond motifs is 2. The maximum atomic E-state index is 13.2. The van der Waals surface area contributed by atoms with Gasteiger partial charge in [-0.25, -0.2) is 0 Å². The summed E-state index contributed by atoms with van der Waals surface area (Å²) in [7, 11) is 0. The van der Waals surface area contributed by atoms with Crippen LogP contribution in [0.1, 0.15) is 64.8 Å². The van der Waals surface area contributed by atoms with E-state index in [0.717, 1.165) is 0 Å². The fourth-order valence-corrected chi connectivity index (χ4v) is 5.59. The van der Waals surface area contributed by atoms with Gasteiger partial charge in [0.1, 0.15) is 41.6 Å². The summed E-state index contributed by atoms with van der Waals surface area (Å²) in [6, 6.07) is 24.5. The van der Waals surface area contributed by atoms with Crippen molar-refractivity contribution in [3.8, 4) is 11.5 Å². The summed E-state index contributed by atoms with van der Waals surface area (Å²) in [6.07, 6.45) is -4.78. The Labute approximate surface area is 245 Å². The van der Waals surface area contributed by atoms with Crippen molar-refractivity contribution >= 4 is 28.9 Å². The largest absolute Gasteiger partial charge is 0.457 e. The first-order valence-electron chi connectivity index (χ1n) is 13.5. The summed E-state index contributed by atoms with van der Waals surface area (Å²) in [6.45, 7) is 0. The van der Waals surface area contributed by atoms with Crippen LogP contribution in [0, 0.1) is 11.8 Å². The maximum absolute atomic E-state index is 13.2. The normalized spacial score (nSPS) is 19.5. The second-order valence-electron chi connectivity index (χ2n) is 10.4. The molecule has 43 heavy (non-hydrogen) atoms. The molecule has 0 saturated heterocycles. The van der Waals surface area contributed by atoms with Gasteiger partial charge >= 0.3 is 0 Å². The molecule has 0 aliphatic heterocycles. The first-order valence-corrected chi connectivity index (χ1v) is 13.5. The van der Waals surface area contributed by atoms with E-state index < -0.39 is 59.1 Å². The number of ether oxygens (including phenoxy) is 1. The zero-order chi connectivity index (χ0) is 30.4. The topological polar surface area (TPSA) is 155 Å². The maximum Gasteiger partial charge on any atom is 0.184 e. The Bertz CT molecular complexity index is 1800. The van der Waals surface area contributed by atoms with Gasteiger partial charge in [-0.2, -0.15) is 0 Å². The zero-order valence-corrected chi connectivity index (χ0v) is 22.4. The van der Waals surface area contributed by atoms with Crippen LogP contribution in [0.15, 0.2) is 97.1 Å². The molecule has 0 spiro atoms. The Morgan fingerprint density at radius 3 is 1.63 bits per heavy atom. The molecule has 4 aromatic carbocycles. The minimum Gasteiger partial charge on any atom is -0.457 e. The molecule has 0 saturated carbocycles. The van der Waals surface area contributed by atoms with Crippen LogP contribution in [-0.2, 0) is 4.79 Å². The molecule has 4 aromatic rings. The van der Waals surface area contributed by atoms with E-state index in [1.807, 2.05) is 0 Å². The number of ketones is 5. The fraction of sp³-hybridized carbons (Fsp3) is 0.147. The minimum absolute atomic E-state index is 0.0137. The van der Waals surface area contributed by atoms with E-state index in [-0.39, 0.29) is 39.3 Å². The third-order valence-electron chi connectivity index (χ3n) is 7.84. The van der Waals surface area contributed by atoms with Crippen LogP contribution in [0.4, 0.5) is 0 Å². The number of Topliss-reactive ketones (excluding diaryl/α,β-unsaturated/α-hetero) is 5. The molecule has 9 nitrogen and oxygen atoms in total. The number of carbonyl (C=O) groups excluding carboxylic acids is 5. The van der Waals surface area contributed by atoms with Gasteiger partial charge in [-0.05, 0) is 47.5 Å². The predicted octanol–water partition coefficient (Wildman–Crippen LogP) is 3.87. The van der Waals surface area contributed by atoms with Gasteiger partial charge in [0.2, 0.25) is 0 Å². The van der Waals surface area contributed by atoms with Crippen molar-refractivity contribution in [3.05, 3.63) is 130 Å². The summed E-state index contributed by atoms with van der Waals surface area (Å²) in [5, 5.41) is 31.9. The van der Waals surface area contributed by atoms with Crippen LogP contribution < -0.4 is 4.74 Å². The smallest absolute Gasteiger partial charge is 0.184 e. The monoisotopic (exact) mass is 576 g/mol. The Morgan fingerprint density at radius 2 is 1.05 bits per heavy atom. The van der Waals surface area contributed by atoms with Gasteiger partial charge in [0, 0.05) is 22.3 Å². The summed E-state index contributed by atoms with van der Waals surface area (Å²) in [5.41, 5.74) is 0.710. The van der Waals surface area contributed by atoms with E-state index in [1.54, 1.807) is 48.5 Å². The molecule has 6 rings (SSSR count). The van der Waals surface area contributed by atoms with Crippen LogP contribution in [-0.4, -0.2) is 50.3 Å². The molecule has 5 atom stereocenters. The van der Waals surface area contributed by atoms with Gasteiger partial charge in [-0.3, -0.25) is 24.0 Å². The van der Waals surface area contributed by atoms with E-state index >= 15 is 0 Å². The van der Waals surface area contributed by atoms with Crippen molar-refractivity contribution in [2.45, 2.75) is 18.3 Å². The highest BCUT2D eigenvalue weighted by atomic mass is 16.5. The van der Waals surface area contributed by atoms with Gasteiger partial charge in [-0.1, -0.05) is 60.7 Å². The summed E-state index contributed by atoms with van der Waals surface area (Å²) in [4.78, 5) is 65.3. The van der Waals surface area contributed by atoms with Crippen molar-refractivity contribution in [2.75, 3.05) is 0 Å². The Hall–Kier alpha value is -5.09. The fourth-order valence-electron chi connectivity index (χ4n) is 5.59. The Kier molecular flexibility index (Phi) is 7.15. The molecule has 2 aliphatic carbocycles. The quantitative estimate of drug-likeness (QED) is 0.265. The number of hydrogen-bond donors (Lipinski definition) is 3. The highest BCUT2D eigenvalue weighted by Gasteiger charge is 2.47. The lowest BCUT2D eigenvalue weighted by Gasteiger charge is -2.21. The molecule has 0 aromatic heterocycles. The standard InChI is InChI=1S/C34H24O9/c35-27(17-7-3-1-4-8-17)33(41)25-29(37)21-13-11-19(15-23(21)31(25)39)43-20-12-14-22-24(16-20)32(40)26(30(22)38)34(42)28(36)18-9-5-2-6-10-18/h1-16,25-28,33,35-36,41H/t25?,26?,27-,28-,33?/m0/s1. The van der Waals surface area contributed by atoms with Crippen molar-refractivity contribution in [1.82, 2.24) is 0 Å². The lowest BCUT2D eigenvalue weighted by Crippen LogP contribution is -2.34. The number of aliphatic hydroxyl groups excluding tert-OH is 3. The van der Waals surface area contributed by atoms with E-state index in [1.165, 1.54) is 48.5 Å². The summed E-state index contributed by atoms with van der Waals surface area (Å²) < 4.78 is 5.85. The van der Waals surface area contributed by atoms with E-state index in [4.69, 9.17) is 4.74 Å². The van der Waals surface area contributed by atoms with Gasteiger partial charge in [0.15, 0.2) is 28.9 Å². The van der Waals surface area contributed by atoms with Crippen molar-refractivity contribution in [2.24, 2.45) is 11.8 Å². The van der Waals surface area contributed by atoms with E-state index in [0.29, 0.717) is 5.56 Å². The lowest BCUT2D eigenvalue weighted by atomic mass is 9.90. The van der Waals surface area contributed by atoms with Crippen LogP contribution in [0.3, 0.4) is 0 Å². The number of hydrogen-bond acceptors (Lipinski definition) is 9. The molecule has 0 bridgehead atoms. The van der Waals surface area contributed by atoms with Crippen molar-refractivity contribution in [1.29, 1.82) is 0 Å². The molecular formula is C34H24O9. The van der Waals surface area contributed by atoms with Crippen LogP contribution in [0.5, 0.6) is 11.5 Å². The average Bonchev–Trinajstić information content (AvgIpc) is 3.43. The van der Waals surface area contributed by atoms with Crippen LogP contribution in [0.25, 0.3) is 0 Å². The minimum atomic E-state index is -1.68. The lowest BCUT2D eigenvalue weighted by molar-refractivity contribution is -0.128. The number of carbonyl (C=O) groups is 5. The second-order valence-corrected chi connectivity index (χ2v) is 10.4. The van der Waals surface area contributed by atoms with Crippen molar-refractivity contribution < 1.29 is 44.0 Å². The molecule has 2 aliphatic rings. The molecule has 3 N–H and O–H groups in total. The molecule has 0 radical (unpaired) electrons. The molecule has 3 unspecified atom stereocenters. The number of benzene rings is 4. The summed E-state index contributed by atoms with van der Waals surface area (Å²) >= 11 is 0. The molecule has 214 valence electrons. The van der Waals surface area contributed by atoms with Crippen LogP contribution in [0.2, 0.25) is 0 Å². The third kappa shape index (κ3) is 4.79. The van der Waals surface area contributed by atoms with Crippen LogP contribution >= 0.6 is 0 Å². The highest BCUT2D eigenvalue weighted by Crippen LogP contribution is 2.38. The molecule has 0 amide bonds. The first kappa shape index (κ1) is 28.0. The SMILES string of the molecule is O=C1c2ccc(Oc3ccc4c(c3)C(=O)C(C(O)[C@@H](O)c3ccccc3)C4=O)cc2C(=O)C1C(=O)[C@@H](O)c1ccccc1. The molecular weight excluding hydrogens is 552 g/mol. The molecule has 0 fully saturated rings. The highest BCUT2D eigenvalue weighted by molar-refractivity contribution is 6.36. The van der Waals surface area contributed by atoms with Gasteiger partial charge < -0.3 is 20.1 Å². The number of aliphatic hydroxyl groups is 3. The number of rotatable bonds is 8. The zero-order valence-electron chi connectivity index (χ0n) is 22.4. The van der Waals surface area contributed by atoms with Gasteiger partial charge in [0.25, 0.3) is 0 Å². The van der Waals surface area contributed by atoms with Crippen molar-refractivity contribution in [3.63, 3.8) is 0 Å². The second kappa shape index (κ2) is 11.0.